The average Bonchev–Trinajstić information content (AvgIpc) is 2.88. The van der Waals surface area contributed by atoms with Crippen molar-refractivity contribution in [1.82, 2.24) is 0 Å². The largest absolute Gasteiger partial charge is 0.510 e. The van der Waals surface area contributed by atoms with Crippen molar-refractivity contribution in [1.29, 1.82) is 0 Å². The fourth-order valence-corrected chi connectivity index (χ4v) is 2.60. The predicted molar refractivity (Wildman–Crippen MR) is 75.3 cm³/mol. The molecule has 110 valence electrons. The third-order valence-corrected chi connectivity index (χ3v) is 3.66. The van der Waals surface area contributed by atoms with E-state index in [1.54, 1.807) is 18.7 Å². The number of ether oxygens (including phenoxy) is 4. The minimum Gasteiger partial charge on any atom is -0.435 e. The fraction of sp³-hybridized carbons (Fsp3) is 0.500. The highest BCUT2D eigenvalue weighted by Gasteiger charge is 2.29. The molecule has 2 unspecified atom stereocenters. The molecule has 0 bridgehead atoms. The van der Waals surface area contributed by atoms with E-state index >= 15 is 0 Å². The number of rotatable bonds is 6. The molecule has 1 saturated heterocycles. The molecule has 1 fully saturated rings. The third kappa shape index (κ3) is 5.03. The van der Waals surface area contributed by atoms with Gasteiger partial charge < -0.3 is 18.9 Å². The quantitative estimate of drug-likeness (QED) is 0.753. The van der Waals surface area contributed by atoms with Crippen molar-refractivity contribution in [3.63, 3.8) is 0 Å². The lowest BCUT2D eigenvalue weighted by atomic mass is 10.2. The first-order valence-electron chi connectivity index (χ1n) is 6.50. The van der Waals surface area contributed by atoms with E-state index in [1.807, 2.05) is 30.3 Å². The second-order valence-corrected chi connectivity index (χ2v) is 5.32. The van der Waals surface area contributed by atoms with Crippen molar-refractivity contribution in [3.05, 3.63) is 35.9 Å². The van der Waals surface area contributed by atoms with Crippen molar-refractivity contribution in [2.75, 3.05) is 19.0 Å². The lowest BCUT2D eigenvalue weighted by Gasteiger charge is -2.13. The van der Waals surface area contributed by atoms with Gasteiger partial charge >= 0.3 is 6.16 Å². The molecule has 1 aliphatic heterocycles. The van der Waals surface area contributed by atoms with Gasteiger partial charge in [0.1, 0.15) is 5.44 Å². The van der Waals surface area contributed by atoms with E-state index < -0.39 is 12.4 Å². The van der Waals surface area contributed by atoms with E-state index in [0.717, 1.165) is 5.56 Å². The number of thioether (sulfide) groups is 1. The molecule has 2 rings (SSSR count). The van der Waals surface area contributed by atoms with E-state index in [4.69, 9.17) is 18.9 Å². The number of hydrogen-bond donors (Lipinski definition) is 0. The Labute approximate surface area is 122 Å². The van der Waals surface area contributed by atoms with Crippen molar-refractivity contribution in [3.8, 4) is 0 Å². The highest BCUT2D eigenvalue weighted by Crippen LogP contribution is 2.26. The SMILES string of the molecule is CCOC(=O)OC1CSC(COCc2ccccc2)O1. The topological polar surface area (TPSA) is 54.0 Å². The van der Waals surface area contributed by atoms with Gasteiger partial charge in [0, 0.05) is 0 Å². The molecule has 0 spiro atoms. The zero-order valence-corrected chi connectivity index (χ0v) is 12.1. The second kappa shape index (κ2) is 8.14. The number of hydrogen-bond acceptors (Lipinski definition) is 6. The van der Waals surface area contributed by atoms with Gasteiger partial charge in [-0.2, -0.15) is 0 Å². The normalized spacial score (nSPS) is 21.6. The maximum atomic E-state index is 11.1. The Kier molecular flexibility index (Phi) is 6.17. The van der Waals surface area contributed by atoms with Crippen LogP contribution in [0.2, 0.25) is 0 Å². The molecule has 1 aromatic carbocycles. The maximum absolute atomic E-state index is 11.1. The van der Waals surface area contributed by atoms with Crippen LogP contribution in [-0.2, 0) is 25.6 Å². The summed E-state index contributed by atoms with van der Waals surface area (Å²) in [6, 6.07) is 9.94. The lowest BCUT2D eigenvalue weighted by molar-refractivity contribution is -0.118. The molecule has 0 amide bonds. The van der Waals surface area contributed by atoms with Gasteiger partial charge in [0.2, 0.25) is 6.29 Å². The number of benzene rings is 1. The maximum Gasteiger partial charge on any atom is 0.510 e. The average molecular weight is 298 g/mol. The minimum atomic E-state index is -0.691. The monoisotopic (exact) mass is 298 g/mol. The van der Waals surface area contributed by atoms with Crippen molar-refractivity contribution in [2.45, 2.75) is 25.3 Å². The molecule has 0 aromatic heterocycles. The Morgan fingerprint density at radius 3 is 2.95 bits per heavy atom. The van der Waals surface area contributed by atoms with Gasteiger partial charge in [0.15, 0.2) is 0 Å². The minimum absolute atomic E-state index is 0.113. The Balaban J connectivity index is 1.62. The van der Waals surface area contributed by atoms with Crippen LogP contribution in [0.3, 0.4) is 0 Å². The van der Waals surface area contributed by atoms with Crippen LogP contribution in [0.1, 0.15) is 12.5 Å². The molecule has 0 N–H and O–H groups in total. The van der Waals surface area contributed by atoms with Gasteiger partial charge in [-0.15, -0.1) is 11.8 Å². The van der Waals surface area contributed by atoms with Crippen LogP contribution in [0, 0.1) is 0 Å². The van der Waals surface area contributed by atoms with Crippen LogP contribution >= 0.6 is 11.8 Å². The molecule has 6 heteroatoms. The van der Waals surface area contributed by atoms with Crippen LogP contribution in [-0.4, -0.2) is 36.8 Å². The predicted octanol–water partition coefficient (Wildman–Crippen LogP) is 2.79. The summed E-state index contributed by atoms with van der Waals surface area (Å²) in [5.41, 5.74) is 1.01. The van der Waals surface area contributed by atoms with E-state index in [9.17, 15) is 4.79 Å². The van der Waals surface area contributed by atoms with Gasteiger partial charge in [-0.1, -0.05) is 30.3 Å². The van der Waals surface area contributed by atoms with Crippen molar-refractivity contribution >= 4 is 17.9 Å². The summed E-state index contributed by atoms with van der Waals surface area (Å²) in [4.78, 5) is 11.1. The summed E-state index contributed by atoms with van der Waals surface area (Å²) in [6.07, 6.45) is -1.24. The van der Waals surface area contributed by atoms with Gasteiger partial charge in [-0.05, 0) is 12.5 Å². The highest BCUT2D eigenvalue weighted by atomic mass is 32.2. The van der Waals surface area contributed by atoms with E-state index in [0.29, 0.717) is 25.6 Å². The van der Waals surface area contributed by atoms with Gasteiger partial charge in [-0.25, -0.2) is 4.79 Å². The smallest absolute Gasteiger partial charge is 0.435 e. The summed E-state index contributed by atoms with van der Waals surface area (Å²) >= 11 is 1.57. The first-order chi connectivity index (χ1) is 9.78. The zero-order valence-electron chi connectivity index (χ0n) is 11.3. The Hall–Kier alpha value is -1.24. The van der Waals surface area contributed by atoms with Crippen LogP contribution < -0.4 is 0 Å². The zero-order chi connectivity index (χ0) is 14.2. The molecule has 0 saturated carbocycles. The first kappa shape index (κ1) is 15.2. The standard InChI is InChI=1S/C14H18O5S/c1-2-17-14(15)19-12-10-20-13(18-12)9-16-8-11-6-4-3-5-7-11/h3-7,12-13H,2,8-10H2,1H3. The summed E-state index contributed by atoms with van der Waals surface area (Å²) in [5.74, 6) is 0.595. The van der Waals surface area contributed by atoms with E-state index in [-0.39, 0.29) is 5.44 Å². The fourth-order valence-electron chi connectivity index (χ4n) is 1.69. The number of carbonyl (C=O) groups is 1. The molecule has 20 heavy (non-hydrogen) atoms. The van der Waals surface area contributed by atoms with Crippen molar-refractivity contribution < 1.29 is 23.7 Å². The molecule has 1 heterocycles. The van der Waals surface area contributed by atoms with Gasteiger partial charge in [0.05, 0.1) is 25.6 Å². The van der Waals surface area contributed by atoms with Crippen LogP contribution in [0.5, 0.6) is 0 Å². The molecule has 0 aliphatic carbocycles. The van der Waals surface area contributed by atoms with E-state index in [1.165, 1.54) is 0 Å². The molecule has 1 aromatic rings. The van der Waals surface area contributed by atoms with Gasteiger partial charge in [0.25, 0.3) is 0 Å². The number of carbonyl (C=O) groups excluding carboxylic acids is 1. The Bertz CT molecular complexity index is 411. The van der Waals surface area contributed by atoms with E-state index in [2.05, 4.69) is 0 Å². The van der Waals surface area contributed by atoms with Crippen LogP contribution in [0.15, 0.2) is 30.3 Å². The van der Waals surface area contributed by atoms with Gasteiger partial charge in [-0.3, -0.25) is 0 Å². The Morgan fingerprint density at radius 2 is 2.20 bits per heavy atom. The summed E-state index contributed by atoms with van der Waals surface area (Å²) in [6.45, 7) is 3.03. The van der Waals surface area contributed by atoms with Crippen LogP contribution in [0.25, 0.3) is 0 Å². The molecular weight excluding hydrogens is 280 g/mol. The molecule has 1 aliphatic rings. The molecule has 0 radical (unpaired) electrons. The molecule has 2 atom stereocenters. The lowest BCUT2D eigenvalue weighted by Crippen LogP contribution is -2.22. The van der Waals surface area contributed by atoms with Crippen molar-refractivity contribution in [2.24, 2.45) is 0 Å². The highest BCUT2D eigenvalue weighted by molar-refractivity contribution is 8.00. The summed E-state index contributed by atoms with van der Waals surface area (Å²) < 4.78 is 20.8. The molecule has 5 nitrogen and oxygen atoms in total. The first-order valence-corrected chi connectivity index (χ1v) is 7.55. The van der Waals surface area contributed by atoms with Crippen LogP contribution in [0.4, 0.5) is 4.79 Å². The molecular formula is C14H18O5S. The third-order valence-electron chi connectivity index (χ3n) is 2.58. The Morgan fingerprint density at radius 1 is 1.40 bits per heavy atom. The summed E-state index contributed by atoms with van der Waals surface area (Å²) in [5, 5.41) is 0. The summed E-state index contributed by atoms with van der Waals surface area (Å²) in [7, 11) is 0. The second-order valence-electron chi connectivity index (χ2n) is 4.13.